The Labute approximate surface area is 158 Å². The largest absolute Gasteiger partial charge is 0.380 e. The van der Waals surface area contributed by atoms with Crippen LogP contribution in [0.2, 0.25) is 0 Å². The van der Waals surface area contributed by atoms with Crippen molar-refractivity contribution in [2.75, 3.05) is 13.2 Å². The van der Waals surface area contributed by atoms with Crippen LogP contribution in [0.15, 0.2) is 51.9 Å². The highest BCUT2D eigenvalue weighted by Gasteiger charge is 2.12. The van der Waals surface area contributed by atoms with Crippen molar-refractivity contribution >= 4 is 43.4 Å². The Kier molecular flexibility index (Phi) is 5.83. The first-order chi connectivity index (χ1) is 12.1. The Hall–Kier alpha value is -1.76. The molecule has 1 amide bonds. The molecule has 1 heterocycles. The van der Waals surface area contributed by atoms with Crippen molar-refractivity contribution in [3.05, 3.63) is 62.9 Å². The van der Waals surface area contributed by atoms with E-state index in [1.807, 2.05) is 31.2 Å². The molecule has 0 radical (unpaired) electrons. The maximum atomic E-state index is 12.6. The van der Waals surface area contributed by atoms with Gasteiger partial charge in [0.05, 0.1) is 22.4 Å². The molecule has 0 fully saturated rings. The van der Waals surface area contributed by atoms with Gasteiger partial charge in [0.25, 0.3) is 5.91 Å². The molecule has 0 N–H and O–H groups in total. The number of halogens is 1. The van der Waals surface area contributed by atoms with Crippen LogP contribution in [-0.2, 0) is 11.3 Å². The number of carbonyl (C=O) groups excluding carboxylic acids is 1. The smallest absolute Gasteiger partial charge is 0.280 e. The average molecular weight is 419 g/mol. The van der Waals surface area contributed by atoms with E-state index in [-0.39, 0.29) is 5.91 Å². The number of aromatic nitrogens is 1. The molecular weight excluding hydrogens is 400 g/mol. The molecule has 3 aromatic rings. The number of hydrogen-bond donors (Lipinski definition) is 0. The molecule has 0 atom stereocenters. The molecule has 4 nitrogen and oxygen atoms in total. The molecule has 3 rings (SSSR count). The van der Waals surface area contributed by atoms with Crippen molar-refractivity contribution in [1.82, 2.24) is 4.57 Å². The minimum absolute atomic E-state index is 0.248. The molecule has 2 aromatic carbocycles. The van der Waals surface area contributed by atoms with E-state index in [1.165, 1.54) is 16.9 Å². The first-order valence-corrected chi connectivity index (χ1v) is 9.73. The number of carbonyl (C=O) groups is 1. The van der Waals surface area contributed by atoms with Gasteiger partial charge in [-0.25, -0.2) is 0 Å². The lowest BCUT2D eigenvalue weighted by molar-refractivity contribution is 0.0996. The van der Waals surface area contributed by atoms with Gasteiger partial charge in [-0.05, 0) is 53.5 Å². The average Bonchev–Trinajstić information content (AvgIpc) is 2.94. The Balaban J connectivity index is 2.11. The maximum Gasteiger partial charge on any atom is 0.280 e. The van der Waals surface area contributed by atoms with Gasteiger partial charge in [0, 0.05) is 17.6 Å². The van der Waals surface area contributed by atoms with Crippen molar-refractivity contribution in [3.8, 4) is 0 Å². The zero-order valence-electron chi connectivity index (χ0n) is 14.2. The second kappa shape index (κ2) is 8.08. The quantitative estimate of drug-likeness (QED) is 0.570. The number of fused-ring (bicyclic) bond motifs is 1. The van der Waals surface area contributed by atoms with E-state index in [4.69, 9.17) is 4.74 Å². The highest BCUT2D eigenvalue weighted by molar-refractivity contribution is 9.10. The van der Waals surface area contributed by atoms with Crippen LogP contribution in [-0.4, -0.2) is 23.7 Å². The topological polar surface area (TPSA) is 43.6 Å². The van der Waals surface area contributed by atoms with E-state index in [9.17, 15) is 4.79 Å². The van der Waals surface area contributed by atoms with Crippen LogP contribution in [0.3, 0.4) is 0 Å². The number of hydrogen-bond acceptors (Lipinski definition) is 3. The van der Waals surface area contributed by atoms with Crippen LogP contribution in [0.5, 0.6) is 0 Å². The number of benzene rings is 2. The monoisotopic (exact) mass is 418 g/mol. The summed E-state index contributed by atoms with van der Waals surface area (Å²) in [6, 6.07) is 13.5. The molecule has 0 bridgehead atoms. The molecule has 0 aliphatic heterocycles. The first kappa shape index (κ1) is 18.0. The maximum absolute atomic E-state index is 12.6. The van der Waals surface area contributed by atoms with Gasteiger partial charge in [-0.2, -0.15) is 4.99 Å². The fourth-order valence-electron chi connectivity index (χ4n) is 2.68. The van der Waals surface area contributed by atoms with Crippen molar-refractivity contribution in [3.63, 3.8) is 0 Å². The van der Waals surface area contributed by atoms with Crippen LogP contribution in [0, 0.1) is 6.92 Å². The third-order valence-corrected chi connectivity index (χ3v) is 5.60. The molecule has 0 aliphatic rings. The summed E-state index contributed by atoms with van der Waals surface area (Å²) in [5.74, 6) is -0.248. The normalized spacial score (nSPS) is 12.0. The van der Waals surface area contributed by atoms with Gasteiger partial charge in [-0.3, -0.25) is 4.79 Å². The lowest BCUT2D eigenvalue weighted by Gasteiger charge is -2.07. The predicted molar refractivity (Wildman–Crippen MR) is 105 cm³/mol. The Bertz CT molecular complexity index is 975. The van der Waals surface area contributed by atoms with Gasteiger partial charge in [0.1, 0.15) is 0 Å². The minimum Gasteiger partial charge on any atom is -0.380 e. The van der Waals surface area contributed by atoms with Gasteiger partial charge in [-0.15, -0.1) is 0 Å². The van der Waals surface area contributed by atoms with Crippen LogP contribution >= 0.6 is 27.3 Å². The Morgan fingerprint density at radius 2 is 2.04 bits per heavy atom. The van der Waals surface area contributed by atoms with E-state index < -0.39 is 0 Å². The lowest BCUT2D eigenvalue weighted by Crippen LogP contribution is -2.20. The number of aryl methyl sites for hydroxylation is 1. The summed E-state index contributed by atoms with van der Waals surface area (Å²) in [6.07, 6.45) is 0. The number of rotatable bonds is 5. The van der Waals surface area contributed by atoms with E-state index >= 15 is 0 Å². The second-order valence-electron chi connectivity index (χ2n) is 5.55. The van der Waals surface area contributed by atoms with Gasteiger partial charge < -0.3 is 9.30 Å². The van der Waals surface area contributed by atoms with Gasteiger partial charge in [0.15, 0.2) is 4.80 Å². The molecule has 0 spiro atoms. The number of nitrogens with zero attached hydrogens (tertiary/aromatic N) is 2. The van der Waals surface area contributed by atoms with Crippen LogP contribution in [0.1, 0.15) is 22.8 Å². The Morgan fingerprint density at radius 1 is 1.24 bits per heavy atom. The molecule has 0 unspecified atom stereocenters. The summed E-state index contributed by atoms with van der Waals surface area (Å²) in [4.78, 5) is 17.7. The van der Waals surface area contributed by atoms with Crippen molar-refractivity contribution in [2.45, 2.75) is 20.4 Å². The SMILES string of the molecule is CCOCCn1c(=NC(=O)c2ccccc2Br)sc2cccc(C)c21. The Morgan fingerprint density at radius 3 is 2.80 bits per heavy atom. The lowest BCUT2D eigenvalue weighted by atomic mass is 10.2. The minimum atomic E-state index is -0.248. The standard InChI is InChI=1S/C19H19BrN2O2S/c1-3-24-12-11-22-17-13(2)7-6-10-16(17)25-19(22)21-18(23)14-8-4-5-9-15(14)20/h4-10H,3,11-12H2,1-2H3. The molecule has 130 valence electrons. The zero-order valence-corrected chi connectivity index (χ0v) is 16.6. The van der Waals surface area contributed by atoms with Crippen molar-refractivity contribution in [2.24, 2.45) is 4.99 Å². The fraction of sp³-hybridized carbons (Fsp3) is 0.263. The molecule has 0 saturated heterocycles. The van der Waals surface area contributed by atoms with Crippen molar-refractivity contribution < 1.29 is 9.53 Å². The molecule has 1 aromatic heterocycles. The van der Waals surface area contributed by atoms with Crippen LogP contribution in [0.4, 0.5) is 0 Å². The molecule has 6 heteroatoms. The van der Waals surface area contributed by atoms with Gasteiger partial charge in [0.2, 0.25) is 0 Å². The number of para-hydroxylation sites is 1. The zero-order chi connectivity index (χ0) is 17.8. The molecule has 0 saturated carbocycles. The molecule has 25 heavy (non-hydrogen) atoms. The van der Waals surface area contributed by atoms with Gasteiger partial charge in [-0.1, -0.05) is 35.6 Å². The number of amides is 1. The van der Waals surface area contributed by atoms with Crippen molar-refractivity contribution in [1.29, 1.82) is 0 Å². The fourth-order valence-corrected chi connectivity index (χ4v) is 4.27. The number of ether oxygens (including phenoxy) is 1. The van der Waals surface area contributed by atoms with E-state index in [1.54, 1.807) is 6.07 Å². The first-order valence-electron chi connectivity index (χ1n) is 8.12. The third kappa shape index (κ3) is 3.92. The predicted octanol–water partition coefficient (Wildman–Crippen LogP) is 4.55. The van der Waals surface area contributed by atoms with E-state index in [2.05, 4.69) is 44.5 Å². The molecule has 0 aliphatic carbocycles. The molecular formula is C19H19BrN2O2S. The van der Waals surface area contributed by atoms with E-state index in [0.29, 0.717) is 30.1 Å². The van der Waals surface area contributed by atoms with Crippen LogP contribution in [0.25, 0.3) is 10.2 Å². The summed E-state index contributed by atoms with van der Waals surface area (Å²) in [7, 11) is 0. The third-order valence-electron chi connectivity index (χ3n) is 3.87. The summed E-state index contributed by atoms with van der Waals surface area (Å²) in [6.45, 7) is 5.98. The summed E-state index contributed by atoms with van der Waals surface area (Å²) in [5, 5.41) is 0. The van der Waals surface area contributed by atoms with Gasteiger partial charge >= 0.3 is 0 Å². The van der Waals surface area contributed by atoms with E-state index in [0.717, 1.165) is 14.7 Å². The second-order valence-corrected chi connectivity index (χ2v) is 7.42. The van der Waals surface area contributed by atoms with Crippen LogP contribution < -0.4 is 4.80 Å². The summed E-state index contributed by atoms with van der Waals surface area (Å²) >= 11 is 4.95. The number of thiazole rings is 1. The highest BCUT2D eigenvalue weighted by Crippen LogP contribution is 2.21. The summed E-state index contributed by atoms with van der Waals surface area (Å²) < 4.78 is 9.46. The summed E-state index contributed by atoms with van der Waals surface area (Å²) in [5.41, 5.74) is 2.85. The highest BCUT2D eigenvalue weighted by atomic mass is 79.9.